The van der Waals surface area contributed by atoms with Gasteiger partial charge in [0.2, 0.25) is 6.41 Å². The van der Waals surface area contributed by atoms with E-state index in [0.29, 0.717) is 49.8 Å². The number of carbonyl (C=O) groups is 4. The number of likely N-dealkylation sites (N-methyl/N-ethyl adjacent to an activating group) is 1. The Morgan fingerprint density at radius 3 is 2.50 bits per heavy atom. The van der Waals surface area contributed by atoms with Gasteiger partial charge >= 0.3 is 18.0 Å². The van der Waals surface area contributed by atoms with Gasteiger partial charge in [0.1, 0.15) is 12.1 Å². The first-order chi connectivity index (χ1) is 15.3. The number of hydrogen-bond acceptors (Lipinski definition) is 7. The number of amides is 5. The van der Waals surface area contributed by atoms with Crippen LogP contribution in [-0.2, 0) is 14.3 Å². The minimum atomic E-state index is -0.830. The van der Waals surface area contributed by atoms with E-state index < -0.39 is 22.5 Å². The fourth-order valence-electron chi connectivity index (χ4n) is 5.66. The number of nitrogens with one attached hydrogen (secondary N) is 1. The quantitative estimate of drug-likeness (QED) is 0.262. The molecule has 10 heteroatoms. The number of hydroxylamine groups is 2. The minimum Gasteiger partial charge on any atom is -0.444 e. The predicted octanol–water partition coefficient (Wildman–Crippen LogP) is 2.11. The van der Waals surface area contributed by atoms with Crippen molar-refractivity contribution in [2.24, 2.45) is 11.8 Å². The highest BCUT2D eigenvalue weighted by atomic mass is 16.6. The molecule has 2 heterocycles. The Hall–Kier alpha value is -2.04. The second kappa shape index (κ2) is 10.7. The van der Waals surface area contributed by atoms with Crippen LogP contribution >= 0.6 is 0 Å². The van der Waals surface area contributed by atoms with Crippen LogP contribution in [0.4, 0.5) is 9.59 Å². The molecule has 0 aromatic rings. The standard InChI is InChI=1S/C22H36N4O6/c1-16-6-5-11-26(16,21(29)23-22(30)32-19-9-10-24(2)14-19)20(28)18(13-25(31)15-27)12-17-7-3-4-8-17/h15-19,31H,3-14H2,1-2H3/p+1/t16-,18-,19?,26?/m1/s1. The van der Waals surface area contributed by atoms with Crippen molar-refractivity contribution in [3.05, 3.63) is 0 Å². The van der Waals surface area contributed by atoms with Gasteiger partial charge in [0, 0.05) is 25.9 Å². The third kappa shape index (κ3) is 5.47. The zero-order valence-corrected chi connectivity index (χ0v) is 19.2. The van der Waals surface area contributed by atoms with E-state index in [4.69, 9.17) is 4.74 Å². The van der Waals surface area contributed by atoms with Gasteiger partial charge in [-0.05, 0) is 32.7 Å². The Morgan fingerprint density at radius 1 is 1.22 bits per heavy atom. The number of imide groups is 2. The molecule has 0 bridgehead atoms. The van der Waals surface area contributed by atoms with Crippen LogP contribution in [0.1, 0.15) is 58.3 Å². The molecule has 0 radical (unpaired) electrons. The van der Waals surface area contributed by atoms with Gasteiger partial charge in [0.05, 0.1) is 19.0 Å². The van der Waals surface area contributed by atoms with Crippen LogP contribution in [0.3, 0.4) is 0 Å². The summed E-state index contributed by atoms with van der Waals surface area (Å²) in [5.74, 6) is -0.692. The normalized spacial score (nSPS) is 29.6. The molecular weight excluding hydrogens is 416 g/mol. The molecular formula is C22H37N4O6+. The first-order valence-corrected chi connectivity index (χ1v) is 11.8. The van der Waals surface area contributed by atoms with Crippen molar-refractivity contribution in [2.45, 2.75) is 70.4 Å². The number of urea groups is 1. The van der Waals surface area contributed by atoms with Crippen molar-refractivity contribution in [3.63, 3.8) is 0 Å². The van der Waals surface area contributed by atoms with Crippen molar-refractivity contribution in [1.82, 2.24) is 15.3 Å². The molecule has 2 saturated heterocycles. The van der Waals surface area contributed by atoms with Crippen LogP contribution in [-0.4, -0.2) is 89.5 Å². The number of rotatable bonds is 7. The molecule has 2 unspecified atom stereocenters. The molecule has 32 heavy (non-hydrogen) atoms. The number of hydrogen-bond donors (Lipinski definition) is 2. The molecule has 1 saturated carbocycles. The van der Waals surface area contributed by atoms with Gasteiger partial charge < -0.3 is 9.64 Å². The molecule has 10 nitrogen and oxygen atoms in total. The predicted molar refractivity (Wildman–Crippen MR) is 114 cm³/mol. The fourth-order valence-corrected chi connectivity index (χ4v) is 5.66. The van der Waals surface area contributed by atoms with E-state index >= 15 is 0 Å². The van der Waals surface area contributed by atoms with Gasteiger partial charge in [-0.3, -0.25) is 10.0 Å². The first-order valence-electron chi connectivity index (χ1n) is 11.8. The topological polar surface area (TPSA) is 116 Å². The van der Waals surface area contributed by atoms with Crippen LogP contribution in [0.25, 0.3) is 0 Å². The molecule has 0 aromatic heterocycles. The fraction of sp³-hybridized carbons (Fsp3) is 0.818. The van der Waals surface area contributed by atoms with E-state index in [1.165, 1.54) is 0 Å². The lowest BCUT2D eigenvalue weighted by Crippen LogP contribution is -2.65. The number of alkyl carbamates (subject to hydrolysis) is 1. The molecule has 5 amide bonds. The van der Waals surface area contributed by atoms with E-state index in [1.807, 2.05) is 18.9 Å². The molecule has 3 aliphatic rings. The average Bonchev–Trinajstić information content (AvgIpc) is 3.49. The van der Waals surface area contributed by atoms with E-state index in [-0.39, 0.29) is 31.0 Å². The van der Waals surface area contributed by atoms with Gasteiger partial charge in [-0.15, -0.1) is 0 Å². The SMILES string of the molecule is C[C@@H]1CCC[N+]1(C(=O)NC(=O)OC1CCN(C)C1)C(=O)[C@H](CC1CCCC1)CN(O)C=O. The van der Waals surface area contributed by atoms with Gasteiger partial charge in [-0.2, -0.15) is 4.48 Å². The highest BCUT2D eigenvalue weighted by Gasteiger charge is 2.55. The zero-order valence-electron chi connectivity index (χ0n) is 19.2. The summed E-state index contributed by atoms with van der Waals surface area (Å²) in [7, 11) is 1.94. The Bertz CT molecular complexity index is 713. The Morgan fingerprint density at radius 2 is 1.94 bits per heavy atom. The second-order valence-electron chi connectivity index (χ2n) is 9.74. The maximum absolute atomic E-state index is 13.8. The van der Waals surface area contributed by atoms with Gasteiger partial charge in [-0.25, -0.2) is 24.8 Å². The molecule has 2 aliphatic heterocycles. The van der Waals surface area contributed by atoms with E-state index in [9.17, 15) is 24.4 Å². The smallest absolute Gasteiger partial charge is 0.433 e. The number of ether oxygens (including phenoxy) is 1. The average molecular weight is 454 g/mol. The number of likely N-dealkylation sites (tertiary alicyclic amines) is 2. The number of quaternary nitrogens is 1. The summed E-state index contributed by atoms with van der Waals surface area (Å²) in [5.41, 5.74) is 0. The van der Waals surface area contributed by atoms with Crippen LogP contribution < -0.4 is 5.32 Å². The van der Waals surface area contributed by atoms with Gasteiger partial charge in [-0.1, -0.05) is 25.7 Å². The van der Waals surface area contributed by atoms with Crippen molar-refractivity contribution in [1.29, 1.82) is 0 Å². The molecule has 0 aromatic carbocycles. The van der Waals surface area contributed by atoms with E-state index in [1.54, 1.807) is 0 Å². The minimum absolute atomic E-state index is 0.155. The molecule has 2 N–H and O–H groups in total. The highest BCUT2D eigenvalue weighted by molar-refractivity contribution is 5.93. The Labute approximate surface area is 189 Å². The number of nitrogens with zero attached hydrogens (tertiary/aromatic N) is 3. The Kier molecular flexibility index (Phi) is 8.24. The van der Waals surface area contributed by atoms with E-state index in [0.717, 1.165) is 32.2 Å². The van der Waals surface area contributed by atoms with Crippen LogP contribution in [0, 0.1) is 11.8 Å². The monoisotopic (exact) mass is 453 g/mol. The second-order valence-corrected chi connectivity index (χ2v) is 9.74. The van der Waals surface area contributed by atoms with Crippen LogP contribution in [0.2, 0.25) is 0 Å². The largest absolute Gasteiger partial charge is 0.444 e. The molecule has 1 aliphatic carbocycles. The van der Waals surface area contributed by atoms with Crippen molar-refractivity contribution in [3.8, 4) is 0 Å². The Balaban J connectivity index is 1.75. The first kappa shape index (κ1) is 24.6. The van der Waals surface area contributed by atoms with Crippen molar-refractivity contribution in [2.75, 3.05) is 33.2 Å². The van der Waals surface area contributed by atoms with Crippen molar-refractivity contribution >= 4 is 24.4 Å². The lowest BCUT2D eigenvalue weighted by molar-refractivity contribution is -0.786. The summed E-state index contributed by atoms with van der Waals surface area (Å²) in [6.45, 7) is 3.40. The number of carbonyl (C=O) groups excluding carboxylic acids is 4. The summed E-state index contributed by atoms with van der Waals surface area (Å²) >= 11 is 0. The summed E-state index contributed by atoms with van der Waals surface area (Å²) in [6, 6.07) is -0.981. The molecule has 0 spiro atoms. The van der Waals surface area contributed by atoms with E-state index in [2.05, 4.69) is 5.32 Å². The lowest BCUT2D eigenvalue weighted by atomic mass is 9.91. The third-order valence-electron chi connectivity index (χ3n) is 7.44. The highest BCUT2D eigenvalue weighted by Crippen LogP contribution is 2.35. The molecule has 4 atom stereocenters. The molecule has 180 valence electrons. The van der Waals surface area contributed by atoms with Crippen molar-refractivity contribution < 1.29 is 33.6 Å². The summed E-state index contributed by atoms with van der Waals surface area (Å²) in [4.78, 5) is 52.7. The lowest BCUT2D eigenvalue weighted by Gasteiger charge is -2.36. The summed E-state index contributed by atoms with van der Waals surface area (Å²) in [5, 5.41) is 12.6. The maximum Gasteiger partial charge on any atom is 0.433 e. The van der Waals surface area contributed by atoms with Gasteiger partial charge in [0.25, 0.3) is 0 Å². The summed E-state index contributed by atoms with van der Waals surface area (Å²) in [6.07, 6.45) is 5.94. The summed E-state index contributed by atoms with van der Waals surface area (Å²) < 4.78 is 4.90. The molecule has 3 rings (SSSR count). The van der Waals surface area contributed by atoms with Gasteiger partial charge in [0.15, 0.2) is 0 Å². The van der Waals surface area contributed by atoms with Crippen LogP contribution in [0.5, 0.6) is 0 Å². The third-order valence-corrected chi connectivity index (χ3v) is 7.44. The molecule has 3 fully saturated rings. The zero-order chi connectivity index (χ0) is 23.3. The maximum atomic E-state index is 13.8. The van der Waals surface area contributed by atoms with Crippen LogP contribution in [0.15, 0.2) is 0 Å².